The molecular weight excluding hydrogens is 464 g/mol. The van der Waals surface area contributed by atoms with Crippen molar-refractivity contribution in [3.05, 3.63) is 64.1 Å². The molecule has 7 nitrogen and oxygen atoms in total. The second kappa shape index (κ2) is 10.2. The summed E-state index contributed by atoms with van der Waals surface area (Å²) in [6.07, 6.45) is 3.54. The van der Waals surface area contributed by atoms with Gasteiger partial charge in [0.1, 0.15) is 9.77 Å². The number of carbonyl (C=O) groups is 1. The van der Waals surface area contributed by atoms with E-state index in [2.05, 4.69) is 10.4 Å². The molecule has 1 N–H and O–H groups in total. The molecule has 3 aromatic rings. The molecule has 0 saturated carbocycles. The summed E-state index contributed by atoms with van der Waals surface area (Å²) >= 11 is 2.92. The van der Waals surface area contributed by atoms with Crippen LogP contribution in [0.15, 0.2) is 52.9 Å². The number of thioether (sulfide) groups is 1. The van der Waals surface area contributed by atoms with E-state index in [0.717, 1.165) is 41.3 Å². The highest BCUT2D eigenvalue weighted by Gasteiger charge is 2.31. The van der Waals surface area contributed by atoms with Crippen LogP contribution < -0.4 is 5.32 Å². The molecule has 1 saturated heterocycles. The van der Waals surface area contributed by atoms with E-state index in [9.17, 15) is 13.2 Å². The van der Waals surface area contributed by atoms with Gasteiger partial charge in [0.25, 0.3) is 5.91 Å². The summed E-state index contributed by atoms with van der Waals surface area (Å²) in [5, 5.41) is 9.13. The van der Waals surface area contributed by atoms with Crippen LogP contribution in [0.25, 0.3) is 5.69 Å². The summed E-state index contributed by atoms with van der Waals surface area (Å²) in [6.45, 7) is 3.42. The number of hydrogen-bond acceptors (Lipinski definition) is 6. The maximum Gasteiger partial charge on any atom is 0.262 e. The summed E-state index contributed by atoms with van der Waals surface area (Å²) in [6, 6.07) is 11.5. The number of thiophene rings is 1. The predicted octanol–water partition coefficient (Wildman–Crippen LogP) is 3.34. The van der Waals surface area contributed by atoms with Crippen LogP contribution in [0.5, 0.6) is 0 Å². The molecule has 0 radical (unpaired) electrons. The smallest absolute Gasteiger partial charge is 0.262 e. The lowest BCUT2D eigenvalue weighted by molar-refractivity contribution is 0.0954. The minimum Gasteiger partial charge on any atom is -0.351 e. The zero-order chi connectivity index (χ0) is 22.6. The Balaban J connectivity index is 1.34. The van der Waals surface area contributed by atoms with E-state index in [0.29, 0.717) is 19.6 Å². The minimum absolute atomic E-state index is 0.117. The number of aromatic nitrogens is 2. The largest absolute Gasteiger partial charge is 0.351 e. The van der Waals surface area contributed by atoms with Crippen molar-refractivity contribution in [2.24, 2.45) is 0 Å². The van der Waals surface area contributed by atoms with Gasteiger partial charge >= 0.3 is 0 Å². The molecular formula is C22H26N4O3S3. The number of aryl methyl sites for hydroxylation is 2. The van der Waals surface area contributed by atoms with Gasteiger partial charge in [0.15, 0.2) is 0 Å². The molecule has 1 amide bonds. The van der Waals surface area contributed by atoms with Gasteiger partial charge in [-0.3, -0.25) is 4.79 Å². The maximum atomic E-state index is 13.0. The number of amides is 1. The number of carbonyl (C=O) groups excluding carboxylic acids is 1. The highest BCUT2D eigenvalue weighted by Crippen LogP contribution is 2.27. The minimum atomic E-state index is -3.64. The highest BCUT2D eigenvalue weighted by atomic mass is 32.2. The van der Waals surface area contributed by atoms with Crippen LogP contribution >= 0.6 is 23.1 Å². The third-order valence-corrected chi connectivity index (χ3v) is 9.28. The Morgan fingerprint density at radius 2 is 1.91 bits per heavy atom. The second-order valence-corrected chi connectivity index (χ2v) is 11.6. The Labute approximate surface area is 196 Å². The number of nitrogens with zero attached hydrogens (tertiary/aromatic N) is 3. The van der Waals surface area contributed by atoms with Crippen molar-refractivity contribution in [1.82, 2.24) is 19.4 Å². The summed E-state index contributed by atoms with van der Waals surface area (Å²) < 4.78 is 29.3. The van der Waals surface area contributed by atoms with Crippen molar-refractivity contribution < 1.29 is 13.2 Å². The Morgan fingerprint density at radius 3 is 2.66 bits per heavy atom. The molecule has 4 rings (SSSR count). The van der Waals surface area contributed by atoms with Crippen LogP contribution in [0.2, 0.25) is 0 Å². The average Bonchev–Trinajstić information content (AvgIpc) is 3.45. The quantitative estimate of drug-likeness (QED) is 0.490. The summed E-state index contributed by atoms with van der Waals surface area (Å²) in [5.74, 6) is 1.23. The molecule has 3 heterocycles. The van der Waals surface area contributed by atoms with E-state index in [-0.39, 0.29) is 15.7 Å². The lowest BCUT2D eigenvalue weighted by Crippen LogP contribution is -2.38. The van der Waals surface area contributed by atoms with Crippen LogP contribution in [0, 0.1) is 6.92 Å². The Hall–Kier alpha value is -2.14. The molecule has 1 aliphatic heterocycles. The van der Waals surface area contributed by atoms with Crippen molar-refractivity contribution in [2.45, 2.75) is 24.7 Å². The van der Waals surface area contributed by atoms with Gasteiger partial charge in [-0.2, -0.15) is 21.2 Å². The monoisotopic (exact) mass is 490 g/mol. The van der Waals surface area contributed by atoms with Gasteiger partial charge in [-0.25, -0.2) is 13.1 Å². The van der Waals surface area contributed by atoms with Gasteiger partial charge in [-0.15, -0.1) is 11.3 Å². The third kappa shape index (κ3) is 5.09. The van der Waals surface area contributed by atoms with Crippen molar-refractivity contribution in [3.63, 3.8) is 0 Å². The molecule has 0 aliphatic carbocycles. The maximum absolute atomic E-state index is 13.0. The van der Waals surface area contributed by atoms with E-state index in [1.807, 2.05) is 48.1 Å². The topological polar surface area (TPSA) is 84.3 Å². The van der Waals surface area contributed by atoms with E-state index in [1.165, 1.54) is 21.7 Å². The van der Waals surface area contributed by atoms with Gasteiger partial charge in [0.05, 0.1) is 11.4 Å². The fourth-order valence-corrected chi connectivity index (χ4v) is 7.50. The standard InChI is InChI=1S/C22H26N4O3S3/c1-17-18(16-26(24-17)19-7-3-2-4-8-19)6-5-10-23-22(27)21-20(9-13-31-21)32(28,29)25-11-14-30-15-12-25/h2-4,7-9,13,16H,5-6,10-12,14-15H2,1H3,(H,23,27). The molecule has 0 spiro atoms. The van der Waals surface area contributed by atoms with Crippen LogP contribution in [0.1, 0.15) is 27.3 Å². The molecule has 1 fully saturated rings. The molecule has 1 aromatic carbocycles. The summed E-state index contributed by atoms with van der Waals surface area (Å²) in [5.41, 5.74) is 3.10. The Bertz CT molecular complexity index is 1170. The fourth-order valence-electron chi connectivity index (χ4n) is 3.61. The molecule has 1 aliphatic rings. The zero-order valence-electron chi connectivity index (χ0n) is 17.9. The first-order chi connectivity index (χ1) is 15.5. The van der Waals surface area contributed by atoms with Crippen molar-refractivity contribution in [3.8, 4) is 5.69 Å². The van der Waals surface area contributed by atoms with Crippen LogP contribution in [0.3, 0.4) is 0 Å². The molecule has 0 unspecified atom stereocenters. The molecule has 2 aromatic heterocycles. The van der Waals surface area contributed by atoms with E-state index >= 15 is 0 Å². The van der Waals surface area contributed by atoms with Crippen LogP contribution in [-0.2, 0) is 16.4 Å². The Kier molecular flexibility index (Phi) is 7.34. The molecule has 0 bridgehead atoms. The Morgan fingerprint density at radius 1 is 1.16 bits per heavy atom. The van der Waals surface area contributed by atoms with Crippen molar-refractivity contribution in [2.75, 3.05) is 31.1 Å². The normalized spacial score (nSPS) is 15.0. The lowest BCUT2D eigenvalue weighted by Gasteiger charge is -2.25. The number of nitrogens with one attached hydrogen (secondary N) is 1. The number of hydrogen-bond donors (Lipinski definition) is 1. The number of sulfonamides is 1. The average molecular weight is 491 g/mol. The van der Waals surface area contributed by atoms with E-state index in [1.54, 1.807) is 17.1 Å². The molecule has 32 heavy (non-hydrogen) atoms. The summed E-state index contributed by atoms with van der Waals surface area (Å²) in [4.78, 5) is 13.1. The first-order valence-corrected chi connectivity index (χ1v) is 14.0. The van der Waals surface area contributed by atoms with E-state index in [4.69, 9.17) is 0 Å². The van der Waals surface area contributed by atoms with Crippen LogP contribution in [0.4, 0.5) is 0 Å². The number of rotatable bonds is 8. The third-order valence-electron chi connectivity index (χ3n) is 5.35. The highest BCUT2D eigenvalue weighted by molar-refractivity contribution is 7.99. The number of para-hydroxylation sites is 1. The fraction of sp³-hybridized carbons (Fsp3) is 0.364. The molecule has 0 atom stereocenters. The van der Waals surface area contributed by atoms with Crippen molar-refractivity contribution >= 4 is 39.0 Å². The van der Waals surface area contributed by atoms with Gasteiger partial charge in [0.2, 0.25) is 10.0 Å². The summed E-state index contributed by atoms with van der Waals surface area (Å²) in [7, 11) is -3.64. The van der Waals surface area contributed by atoms with Gasteiger partial charge < -0.3 is 5.32 Å². The van der Waals surface area contributed by atoms with Crippen molar-refractivity contribution in [1.29, 1.82) is 0 Å². The van der Waals surface area contributed by atoms with Crippen LogP contribution in [-0.4, -0.2) is 59.6 Å². The number of benzene rings is 1. The zero-order valence-corrected chi connectivity index (χ0v) is 20.3. The molecule has 10 heteroatoms. The predicted molar refractivity (Wildman–Crippen MR) is 129 cm³/mol. The first kappa shape index (κ1) is 23.0. The van der Waals surface area contributed by atoms with Gasteiger partial charge in [-0.1, -0.05) is 18.2 Å². The van der Waals surface area contributed by atoms with Gasteiger partial charge in [0, 0.05) is 37.3 Å². The lowest BCUT2D eigenvalue weighted by atomic mass is 10.1. The second-order valence-electron chi connectivity index (χ2n) is 7.51. The SMILES string of the molecule is Cc1nn(-c2ccccc2)cc1CCCNC(=O)c1sccc1S(=O)(=O)N1CCSCC1. The first-order valence-electron chi connectivity index (χ1n) is 10.5. The van der Waals surface area contributed by atoms with Gasteiger partial charge in [-0.05, 0) is 48.9 Å². The molecule has 170 valence electrons. The van der Waals surface area contributed by atoms with E-state index < -0.39 is 10.0 Å².